The van der Waals surface area contributed by atoms with Gasteiger partial charge in [-0.15, -0.1) is 0 Å². The molecule has 0 fully saturated rings. The number of aryl methyl sites for hydroxylation is 1. The van der Waals surface area contributed by atoms with Crippen LogP contribution in [0.3, 0.4) is 0 Å². The summed E-state index contributed by atoms with van der Waals surface area (Å²) >= 11 is -0.127. The van der Waals surface area contributed by atoms with Crippen molar-refractivity contribution in [3.63, 3.8) is 0 Å². The van der Waals surface area contributed by atoms with Gasteiger partial charge in [-0.3, -0.25) is 0 Å². The minimum absolute atomic E-state index is 0.127. The molecule has 4 rings (SSSR count). The molecular weight excluding hydrogens is 584 g/mol. The molecule has 4 aromatic carbocycles. The van der Waals surface area contributed by atoms with Crippen LogP contribution < -0.4 is 21.2 Å². The average molecular weight is 606 g/mol. The monoisotopic (exact) mass is 606 g/mol. The molecule has 0 amide bonds. The first-order chi connectivity index (χ1) is 15.7. The molecule has 0 atom stereocenters. The molecule has 0 aliphatic carbocycles. The van der Waals surface area contributed by atoms with Gasteiger partial charge in [0.2, 0.25) is 0 Å². The summed E-state index contributed by atoms with van der Waals surface area (Å²) in [5.41, 5.74) is 5.35. The third kappa shape index (κ3) is 9.85. The van der Waals surface area contributed by atoms with Crippen molar-refractivity contribution in [2.45, 2.75) is 12.8 Å². The van der Waals surface area contributed by atoms with Crippen LogP contribution in [0.1, 0.15) is 28.2 Å². The van der Waals surface area contributed by atoms with Crippen LogP contribution in [-0.2, 0) is 0 Å². The van der Waals surface area contributed by atoms with Gasteiger partial charge in [-0.2, -0.15) is 0 Å². The molecule has 0 heterocycles. The van der Waals surface area contributed by atoms with E-state index in [0.29, 0.717) is 0 Å². The fourth-order valence-corrected chi connectivity index (χ4v) is 5.47. The summed E-state index contributed by atoms with van der Waals surface area (Å²) in [6.07, 6.45) is 0. The molecule has 0 aliphatic rings. The summed E-state index contributed by atoms with van der Waals surface area (Å²) in [6, 6.07) is 39.8. The van der Waals surface area contributed by atoms with E-state index in [4.69, 9.17) is 0 Å². The molecule has 0 radical (unpaired) electrons. The van der Waals surface area contributed by atoms with Crippen LogP contribution in [-0.4, -0.2) is 0 Å². The first-order valence-corrected chi connectivity index (χ1v) is 14.4. The predicted octanol–water partition coefficient (Wildman–Crippen LogP) is 6.69. The number of benzene rings is 4. The summed E-state index contributed by atoms with van der Waals surface area (Å²) in [5.74, 6) is 0.277. The quantitative estimate of drug-likeness (QED) is 0.103. The standard InChI is InChI=1S/C26H22I.F6P/c1-20-12-16-24(17-13-20)27-25-18-14-23(15-19-25)26(21-8-4-2-5-9-21)22-10-6-3-7-11-22;1-7(2,3,4,5)6/h2-19,26H,1H3;/q+1;-1. The average Bonchev–Trinajstić information content (AvgIpc) is 2.76. The van der Waals surface area contributed by atoms with Gasteiger partial charge >= 0.3 is 54.2 Å². The summed E-state index contributed by atoms with van der Waals surface area (Å²) in [6.45, 7) is 2.14. The van der Waals surface area contributed by atoms with Gasteiger partial charge in [-0.05, 0) is 47.9 Å². The third-order valence-corrected chi connectivity index (χ3v) is 7.38. The number of hydrogen-bond acceptors (Lipinski definition) is 0. The molecule has 180 valence electrons. The molecule has 8 heteroatoms. The van der Waals surface area contributed by atoms with Crippen molar-refractivity contribution in [1.82, 2.24) is 0 Å². The second-order valence-corrected chi connectivity index (χ2v) is 12.6. The van der Waals surface area contributed by atoms with E-state index in [1.165, 1.54) is 29.4 Å². The van der Waals surface area contributed by atoms with E-state index in [0.717, 1.165) is 0 Å². The van der Waals surface area contributed by atoms with Gasteiger partial charge in [-0.1, -0.05) is 90.5 Å². The Bertz CT molecular complexity index is 1140. The maximum atomic E-state index is 9.87. The van der Waals surface area contributed by atoms with Crippen LogP contribution in [0, 0.1) is 14.1 Å². The van der Waals surface area contributed by atoms with Gasteiger partial charge in [0, 0.05) is 5.92 Å². The topological polar surface area (TPSA) is 0 Å². The summed E-state index contributed by atoms with van der Waals surface area (Å²) in [5, 5.41) is 0. The Morgan fingerprint density at radius 2 is 0.824 bits per heavy atom. The van der Waals surface area contributed by atoms with Crippen LogP contribution in [0.2, 0.25) is 0 Å². The first kappa shape index (κ1) is 26.2. The van der Waals surface area contributed by atoms with Gasteiger partial charge in [-0.25, -0.2) is 0 Å². The van der Waals surface area contributed by atoms with Gasteiger partial charge in [0.05, 0.1) is 0 Å². The van der Waals surface area contributed by atoms with E-state index in [1.54, 1.807) is 0 Å². The van der Waals surface area contributed by atoms with Crippen LogP contribution >= 0.6 is 7.81 Å². The molecule has 0 unspecified atom stereocenters. The van der Waals surface area contributed by atoms with Crippen molar-refractivity contribution in [2.75, 3.05) is 0 Å². The Hall–Kier alpha value is -2.38. The SMILES string of the molecule is Cc1ccc([I+]c2ccc(C(c3ccccc3)c3ccccc3)cc2)cc1.F[P-](F)(F)(F)(F)F. The molecular formula is C26H22F6IP. The maximum absolute atomic E-state index is 10.7. The summed E-state index contributed by atoms with van der Waals surface area (Å²) < 4.78 is 62.1. The molecule has 0 aromatic heterocycles. The Balaban J connectivity index is 0.000000406. The van der Waals surface area contributed by atoms with Crippen molar-refractivity contribution in [1.29, 1.82) is 0 Å². The number of rotatable bonds is 5. The van der Waals surface area contributed by atoms with Gasteiger partial charge < -0.3 is 0 Å². The molecule has 0 saturated heterocycles. The van der Waals surface area contributed by atoms with Crippen LogP contribution in [0.25, 0.3) is 0 Å². The van der Waals surface area contributed by atoms with E-state index in [9.17, 15) is 25.2 Å². The second-order valence-electron chi connectivity index (χ2n) is 7.65. The zero-order valence-corrected chi connectivity index (χ0v) is 21.1. The molecule has 0 nitrogen and oxygen atoms in total. The van der Waals surface area contributed by atoms with Crippen molar-refractivity contribution in [2.24, 2.45) is 0 Å². The third-order valence-electron chi connectivity index (χ3n) is 4.70. The first-order valence-electron chi connectivity index (χ1n) is 10.2. The van der Waals surface area contributed by atoms with Gasteiger partial charge in [0.1, 0.15) is 0 Å². The predicted molar refractivity (Wildman–Crippen MR) is 122 cm³/mol. The van der Waals surface area contributed by atoms with Crippen molar-refractivity contribution >= 4 is 7.81 Å². The van der Waals surface area contributed by atoms with Gasteiger partial charge in [0.15, 0.2) is 7.14 Å². The Morgan fingerprint density at radius 3 is 1.21 bits per heavy atom. The fraction of sp³-hybridized carbons (Fsp3) is 0.0769. The van der Waals surface area contributed by atoms with E-state index in [2.05, 4.69) is 116 Å². The molecule has 4 aromatic rings. The minimum atomic E-state index is -10.7. The van der Waals surface area contributed by atoms with Crippen LogP contribution in [0.4, 0.5) is 25.2 Å². The van der Waals surface area contributed by atoms with Crippen molar-refractivity contribution in [3.05, 3.63) is 139 Å². The van der Waals surface area contributed by atoms with Crippen LogP contribution in [0.15, 0.2) is 109 Å². The molecule has 34 heavy (non-hydrogen) atoms. The van der Waals surface area contributed by atoms with E-state index >= 15 is 0 Å². The van der Waals surface area contributed by atoms with E-state index in [1.807, 2.05) is 0 Å². The molecule has 0 saturated carbocycles. The second kappa shape index (κ2) is 9.70. The van der Waals surface area contributed by atoms with Crippen molar-refractivity contribution in [3.8, 4) is 0 Å². The zero-order chi connectivity index (χ0) is 24.9. The van der Waals surface area contributed by atoms with E-state index in [-0.39, 0.29) is 27.1 Å². The Labute approximate surface area is 205 Å². The fourth-order valence-electron chi connectivity index (χ4n) is 3.31. The van der Waals surface area contributed by atoms with E-state index < -0.39 is 7.81 Å². The Morgan fingerprint density at radius 1 is 0.500 bits per heavy atom. The molecule has 0 N–H and O–H groups in total. The number of hydrogen-bond donors (Lipinski definition) is 0. The van der Waals surface area contributed by atoms with Crippen molar-refractivity contribution < 1.29 is 46.4 Å². The summed E-state index contributed by atoms with van der Waals surface area (Å²) in [4.78, 5) is 0. The molecule has 0 aliphatic heterocycles. The summed E-state index contributed by atoms with van der Waals surface area (Å²) in [7, 11) is -10.7. The normalized spacial score (nSPS) is 13.4. The number of halogens is 7. The molecule has 0 bridgehead atoms. The zero-order valence-electron chi connectivity index (χ0n) is 18.1. The van der Waals surface area contributed by atoms with Crippen LogP contribution in [0.5, 0.6) is 0 Å². The van der Waals surface area contributed by atoms with Gasteiger partial charge in [0.25, 0.3) is 0 Å². The molecule has 0 spiro atoms. The Kier molecular flexibility index (Phi) is 7.48.